The van der Waals surface area contributed by atoms with Crippen LogP contribution in [0, 0.1) is 11.8 Å². The molecule has 2 nitrogen and oxygen atoms in total. The van der Waals surface area contributed by atoms with E-state index in [1.54, 1.807) is 6.26 Å². The van der Waals surface area contributed by atoms with Gasteiger partial charge in [-0.2, -0.15) is 0 Å². The maximum atomic E-state index is 5.30. The average Bonchev–Trinajstić information content (AvgIpc) is 2.42. The first-order chi connectivity index (χ1) is 8.88. The molecular weight excluding hydrogens is 224 g/mol. The van der Waals surface area contributed by atoms with Crippen LogP contribution in [0.25, 0.3) is 0 Å². The van der Waals surface area contributed by atoms with Crippen LogP contribution < -0.4 is 0 Å². The predicted molar refractivity (Wildman–Crippen MR) is 76.2 cm³/mol. The van der Waals surface area contributed by atoms with E-state index in [9.17, 15) is 0 Å². The lowest BCUT2D eigenvalue weighted by Gasteiger charge is -2.30. The molecule has 0 aromatic rings. The number of rotatable bonds is 10. The van der Waals surface area contributed by atoms with Gasteiger partial charge in [0.25, 0.3) is 0 Å². The lowest BCUT2D eigenvalue weighted by atomic mass is 9.77. The van der Waals surface area contributed by atoms with Gasteiger partial charge in [-0.25, -0.2) is 0 Å². The highest BCUT2D eigenvalue weighted by atomic mass is 16.5. The van der Waals surface area contributed by atoms with Gasteiger partial charge in [0.1, 0.15) is 0 Å². The monoisotopic (exact) mass is 252 g/mol. The fraction of sp³-hybridized carbons (Fsp3) is 0.750. The van der Waals surface area contributed by atoms with Gasteiger partial charge >= 0.3 is 0 Å². The second kappa shape index (κ2) is 10.0. The third-order valence-corrected chi connectivity index (χ3v) is 4.00. The summed E-state index contributed by atoms with van der Waals surface area (Å²) in [6, 6.07) is 0. The molecule has 104 valence electrons. The molecule has 0 aromatic heterocycles. The van der Waals surface area contributed by atoms with E-state index in [0.717, 1.165) is 37.9 Å². The molecular formula is C16H28O2. The minimum absolute atomic E-state index is 0.790. The second-order valence-electron chi connectivity index (χ2n) is 5.16. The Morgan fingerprint density at radius 2 is 1.61 bits per heavy atom. The molecule has 0 aromatic carbocycles. The molecule has 0 N–H and O–H groups in total. The van der Waals surface area contributed by atoms with Crippen LogP contribution in [0.3, 0.4) is 0 Å². The Morgan fingerprint density at radius 3 is 2.28 bits per heavy atom. The lowest BCUT2D eigenvalue weighted by Crippen LogP contribution is -2.20. The largest absolute Gasteiger partial charge is 0.502 e. The van der Waals surface area contributed by atoms with Crippen LogP contribution in [-0.4, -0.2) is 13.2 Å². The molecule has 0 aliphatic heterocycles. The zero-order valence-electron chi connectivity index (χ0n) is 11.6. The number of ether oxygens (including phenoxy) is 2. The van der Waals surface area contributed by atoms with Crippen LogP contribution in [0.2, 0.25) is 0 Å². The number of hydrogen-bond acceptors (Lipinski definition) is 2. The summed E-state index contributed by atoms with van der Waals surface area (Å²) in [7, 11) is 0. The number of hydrogen-bond donors (Lipinski definition) is 0. The van der Waals surface area contributed by atoms with Crippen molar-refractivity contribution in [3.63, 3.8) is 0 Å². The Kier molecular flexibility index (Phi) is 8.45. The first-order valence-electron chi connectivity index (χ1n) is 7.33. The van der Waals surface area contributed by atoms with Crippen LogP contribution in [0.4, 0.5) is 0 Å². The van der Waals surface area contributed by atoms with Crippen molar-refractivity contribution in [3.8, 4) is 0 Å². The van der Waals surface area contributed by atoms with E-state index in [4.69, 9.17) is 9.47 Å². The summed E-state index contributed by atoms with van der Waals surface area (Å²) in [6.07, 6.45) is 13.7. The van der Waals surface area contributed by atoms with Crippen molar-refractivity contribution in [1.82, 2.24) is 0 Å². The van der Waals surface area contributed by atoms with Crippen LogP contribution in [0.5, 0.6) is 0 Å². The Labute approximate surface area is 112 Å². The summed E-state index contributed by atoms with van der Waals surface area (Å²) < 4.78 is 10.5. The lowest BCUT2D eigenvalue weighted by molar-refractivity contribution is 0.153. The van der Waals surface area contributed by atoms with Crippen molar-refractivity contribution >= 4 is 0 Å². The van der Waals surface area contributed by atoms with Crippen molar-refractivity contribution in [2.75, 3.05) is 13.2 Å². The van der Waals surface area contributed by atoms with Crippen molar-refractivity contribution < 1.29 is 9.47 Å². The van der Waals surface area contributed by atoms with Crippen LogP contribution in [0.1, 0.15) is 51.4 Å². The van der Waals surface area contributed by atoms with Gasteiger partial charge in [0.15, 0.2) is 0 Å². The molecule has 18 heavy (non-hydrogen) atoms. The van der Waals surface area contributed by atoms with Gasteiger partial charge in [-0.05, 0) is 31.1 Å². The maximum absolute atomic E-state index is 5.30. The Balaban J connectivity index is 2.29. The average molecular weight is 252 g/mol. The van der Waals surface area contributed by atoms with E-state index >= 15 is 0 Å². The Morgan fingerprint density at radius 1 is 0.944 bits per heavy atom. The fourth-order valence-corrected chi connectivity index (χ4v) is 3.04. The summed E-state index contributed by atoms with van der Waals surface area (Å²) in [5, 5.41) is 0. The molecule has 1 rings (SSSR count). The van der Waals surface area contributed by atoms with E-state index in [0.29, 0.717) is 0 Å². The Bertz CT molecular complexity index is 219. The highest BCUT2D eigenvalue weighted by Gasteiger charge is 2.23. The van der Waals surface area contributed by atoms with E-state index in [1.807, 2.05) is 0 Å². The summed E-state index contributed by atoms with van der Waals surface area (Å²) in [6.45, 7) is 8.79. The van der Waals surface area contributed by atoms with Crippen LogP contribution >= 0.6 is 0 Å². The minimum Gasteiger partial charge on any atom is -0.502 e. The van der Waals surface area contributed by atoms with Gasteiger partial charge in [0.2, 0.25) is 0 Å². The summed E-state index contributed by atoms with van der Waals surface area (Å²) in [5.41, 5.74) is 0. The molecule has 1 fully saturated rings. The topological polar surface area (TPSA) is 18.5 Å². The quantitative estimate of drug-likeness (QED) is 0.415. The molecule has 1 unspecified atom stereocenters. The Hall–Kier alpha value is -0.920. The molecule has 1 aliphatic carbocycles. The smallest absolute Gasteiger partial charge is 0.0875 e. The van der Waals surface area contributed by atoms with E-state index in [2.05, 4.69) is 13.2 Å². The summed E-state index contributed by atoms with van der Waals surface area (Å²) >= 11 is 0. The molecule has 0 radical (unpaired) electrons. The molecule has 1 saturated carbocycles. The van der Waals surface area contributed by atoms with E-state index in [1.165, 1.54) is 44.8 Å². The van der Waals surface area contributed by atoms with Gasteiger partial charge in [-0.15, -0.1) is 0 Å². The van der Waals surface area contributed by atoms with Crippen molar-refractivity contribution in [2.45, 2.75) is 51.4 Å². The molecule has 0 amide bonds. The van der Waals surface area contributed by atoms with Crippen LogP contribution in [-0.2, 0) is 9.47 Å². The first-order valence-corrected chi connectivity index (χ1v) is 7.33. The third kappa shape index (κ3) is 6.13. The molecule has 1 aliphatic rings. The fourth-order valence-electron chi connectivity index (χ4n) is 3.04. The molecule has 0 spiro atoms. The molecule has 0 heterocycles. The van der Waals surface area contributed by atoms with Gasteiger partial charge in [-0.1, -0.05) is 45.3 Å². The zero-order chi connectivity index (χ0) is 13.1. The van der Waals surface area contributed by atoms with Gasteiger partial charge in [0, 0.05) is 0 Å². The van der Waals surface area contributed by atoms with Crippen molar-refractivity contribution in [1.29, 1.82) is 0 Å². The standard InChI is InChI=1S/C16H28O2/c1-3-17-13-8-11-16(12-14-18-4-2)15-9-6-5-7-10-15/h3-4,15-16H,1-2,5-14H2. The summed E-state index contributed by atoms with van der Waals surface area (Å²) in [5.74, 6) is 1.69. The van der Waals surface area contributed by atoms with Gasteiger partial charge < -0.3 is 9.47 Å². The van der Waals surface area contributed by atoms with Crippen molar-refractivity contribution in [2.24, 2.45) is 11.8 Å². The van der Waals surface area contributed by atoms with E-state index in [-0.39, 0.29) is 0 Å². The zero-order valence-corrected chi connectivity index (χ0v) is 11.6. The predicted octanol–water partition coefficient (Wildman–Crippen LogP) is 4.67. The maximum Gasteiger partial charge on any atom is 0.0875 e. The normalized spacial score (nSPS) is 18.0. The van der Waals surface area contributed by atoms with Crippen LogP contribution in [0.15, 0.2) is 25.7 Å². The van der Waals surface area contributed by atoms with Crippen molar-refractivity contribution in [3.05, 3.63) is 25.7 Å². The SMILES string of the molecule is C=COCCCC(CCOC=C)C1CCCCC1. The third-order valence-electron chi connectivity index (χ3n) is 4.00. The molecule has 0 saturated heterocycles. The molecule has 2 heteroatoms. The second-order valence-corrected chi connectivity index (χ2v) is 5.16. The highest BCUT2D eigenvalue weighted by molar-refractivity contribution is 4.74. The van der Waals surface area contributed by atoms with Gasteiger partial charge in [0.05, 0.1) is 25.7 Å². The van der Waals surface area contributed by atoms with E-state index < -0.39 is 0 Å². The summed E-state index contributed by atoms with van der Waals surface area (Å²) in [4.78, 5) is 0. The first kappa shape index (κ1) is 15.1. The van der Waals surface area contributed by atoms with Gasteiger partial charge in [-0.3, -0.25) is 0 Å². The molecule has 0 bridgehead atoms. The molecule has 1 atom stereocenters. The highest BCUT2D eigenvalue weighted by Crippen LogP contribution is 2.34. The minimum atomic E-state index is 0.790.